The lowest BCUT2D eigenvalue weighted by molar-refractivity contribution is -0.384. The second-order valence-corrected chi connectivity index (χ2v) is 10.2. The van der Waals surface area contributed by atoms with Gasteiger partial charge in [-0.25, -0.2) is 19.0 Å². The first-order chi connectivity index (χ1) is 20.1. The number of benzene rings is 3. The van der Waals surface area contributed by atoms with Crippen molar-refractivity contribution in [2.45, 2.75) is 30.5 Å². The van der Waals surface area contributed by atoms with E-state index in [0.29, 0.717) is 41.9 Å². The molecule has 41 heavy (non-hydrogen) atoms. The van der Waals surface area contributed by atoms with Gasteiger partial charge in [0.05, 0.1) is 36.4 Å². The van der Waals surface area contributed by atoms with Crippen molar-refractivity contribution in [2.75, 3.05) is 0 Å². The zero-order chi connectivity index (χ0) is 28.0. The zero-order valence-electron chi connectivity index (χ0n) is 21.8. The van der Waals surface area contributed by atoms with Crippen LogP contribution in [0, 0.1) is 10.1 Å². The highest BCUT2D eigenvalue weighted by molar-refractivity contribution is 7.98. The van der Waals surface area contributed by atoms with Crippen molar-refractivity contribution in [3.63, 3.8) is 0 Å². The van der Waals surface area contributed by atoms with Gasteiger partial charge in [0.2, 0.25) is 0 Å². The predicted octanol–water partition coefficient (Wildman–Crippen LogP) is 4.47. The normalized spacial score (nSPS) is 11.1. The maximum absolute atomic E-state index is 11.1. The van der Waals surface area contributed by atoms with Crippen molar-refractivity contribution >= 4 is 17.4 Å². The van der Waals surface area contributed by atoms with E-state index in [9.17, 15) is 10.1 Å². The van der Waals surface area contributed by atoms with Gasteiger partial charge >= 0.3 is 0 Å². The monoisotopic (exact) mass is 564 g/mol. The second kappa shape index (κ2) is 11.9. The molecule has 0 atom stereocenters. The summed E-state index contributed by atoms with van der Waals surface area (Å²) < 4.78 is 5.37. The van der Waals surface area contributed by atoms with E-state index in [-0.39, 0.29) is 5.69 Å². The van der Waals surface area contributed by atoms with Gasteiger partial charge in [0.1, 0.15) is 5.69 Å². The Kier molecular flexibility index (Phi) is 7.58. The van der Waals surface area contributed by atoms with Crippen LogP contribution in [0.4, 0.5) is 5.69 Å². The van der Waals surface area contributed by atoms with Crippen molar-refractivity contribution in [3.05, 3.63) is 130 Å². The van der Waals surface area contributed by atoms with Crippen LogP contribution in [0.2, 0.25) is 0 Å². The van der Waals surface area contributed by atoms with E-state index in [1.165, 1.54) is 23.9 Å². The molecule has 204 valence electrons. The van der Waals surface area contributed by atoms with Crippen LogP contribution in [0.3, 0.4) is 0 Å². The van der Waals surface area contributed by atoms with Crippen LogP contribution in [-0.2, 0) is 25.4 Å². The number of aromatic nitrogens is 9. The second-order valence-electron chi connectivity index (χ2n) is 9.25. The van der Waals surface area contributed by atoms with E-state index in [4.69, 9.17) is 10.1 Å². The highest BCUT2D eigenvalue weighted by atomic mass is 32.2. The van der Waals surface area contributed by atoms with Crippen LogP contribution in [0.5, 0.6) is 0 Å². The fourth-order valence-corrected chi connectivity index (χ4v) is 5.01. The molecule has 3 aromatic carbocycles. The Morgan fingerprint density at radius 1 is 0.732 bits per heavy atom. The van der Waals surface area contributed by atoms with Crippen LogP contribution in [0.1, 0.15) is 22.5 Å². The standard InChI is InChI=1S/C28H24N10O2S/c39-38(40)26-13-11-23(12-14-26)27-29-28(41-20-25-18-36(34-31-25)16-22-9-5-2-6-10-22)37(32-27)19-24-17-35(33-30-24)15-21-7-3-1-4-8-21/h1-14,17-18H,15-16,19-20H2. The van der Waals surface area contributed by atoms with E-state index >= 15 is 0 Å². The molecule has 12 nitrogen and oxygen atoms in total. The van der Waals surface area contributed by atoms with E-state index in [1.54, 1.807) is 21.5 Å². The van der Waals surface area contributed by atoms with Gasteiger partial charge in [0.25, 0.3) is 5.69 Å². The molecule has 0 saturated carbocycles. The number of nitrogens with zero attached hydrogens (tertiary/aromatic N) is 10. The van der Waals surface area contributed by atoms with Gasteiger partial charge in [-0.2, -0.15) is 0 Å². The summed E-state index contributed by atoms with van der Waals surface area (Å²) >= 11 is 1.48. The molecular formula is C28H24N10O2S. The average Bonchev–Trinajstić information content (AvgIpc) is 3.74. The molecule has 13 heteroatoms. The van der Waals surface area contributed by atoms with Crippen LogP contribution >= 0.6 is 11.8 Å². The number of non-ortho nitro benzene ring substituents is 1. The molecule has 0 aliphatic rings. The summed E-state index contributed by atoms with van der Waals surface area (Å²) in [5, 5.41) is 33.7. The topological polar surface area (TPSA) is 135 Å². The molecule has 0 aliphatic carbocycles. The highest BCUT2D eigenvalue weighted by Gasteiger charge is 2.16. The molecule has 0 saturated heterocycles. The largest absolute Gasteiger partial charge is 0.269 e. The molecule has 6 aromatic rings. The Balaban J connectivity index is 1.21. The Labute approximate surface area is 238 Å². The average molecular weight is 565 g/mol. The van der Waals surface area contributed by atoms with E-state index in [1.807, 2.05) is 77.7 Å². The molecule has 0 aliphatic heterocycles. The van der Waals surface area contributed by atoms with Crippen LogP contribution < -0.4 is 0 Å². The van der Waals surface area contributed by atoms with Gasteiger partial charge in [0.15, 0.2) is 11.0 Å². The molecule has 0 radical (unpaired) electrons. The first-order valence-corrected chi connectivity index (χ1v) is 13.8. The minimum atomic E-state index is -0.430. The molecule has 3 aromatic heterocycles. The van der Waals surface area contributed by atoms with Crippen LogP contribution in [0.15, 0.2) is 102 Å². The number of rotatable bonds is 11. The summed E-state index contributed by atoms with van der Waals surface area (Å²) in [5.41, 5.74) is 4.50. The fraction of sp³-hybridized carbons (Fsp3) is 0.143. The summed E-state index contributed by atoms with van der Waals surface area (Å²) in [6.45, 7) is 1.61. The van der Waals surface area contributed by atoms with Crippen molar-refractivity contribution in [2.24, 2.45) is 0 Å². The van der Waals surface area contributed by atoms with Crippen molar-refractivity contribution < 1.29 is 4.92 Å². The van der Waals surface area contributed by atoms with Gasteiger partial charge in [0, 0.05) is 29.6 Å². The Morgan fingerprint density at radius 3 is 1.93 bits per heavy atom. The third-order valence-electron chi connectivity index (χ3n) is 6.18. The van der Waals surface area contributed by atoms with Crippen LogP contribution in [0.25, 0.3) is 11.4 Å². The Bertz CT molecular complexity index is 1750. The minimum Gasteiger partial charge on any atom is -0.258 e. The molecule has 0 N–H and O–H groups in total. The number of nitro benzene ring substituents is 1. The molecule has 0 unspecified atom stereocenters. The minimum absolute atomic E-state index is 0.0106. The predicted molar refractivity (Wildman–Crippen MR) is 152 cm³/mol. The summed E-state index contributed by atoms with van der Waals surface area (Å²) in [5.74, 6) is 1.00. The van der Waals surface area contributed by atoms with Gasteiger partial charge in [-0.3, -0.25) is 10.1 Å². The Morgan fingerprint density at radius 2 is 1.32 bits per heavy atom. The van der Waals surface area contributed by atoms with Gasteiger partial charge in [-0.1, -0.05) is 82.9 Å². The molecular weight excluding hydrogens is 540 g/mol. The van der Waals surface area contributed by atoms with Crippen molar-refractivity contribution in [1.82, 2.24) is 44.8 Å². The summed E-state index contributed by atoms with van der Waals surface area (Å²) in [6.07, 6.45) is 3.82. The number of nitro groups is 1. The molecule has 6 rings (SSSR count). The lowest BCUT2D eigenvalue weighted by Crippen LogP contribution is -2.04. The molecule has 0 bridgehead atoms. The summed E-state index contributed by atoms with van der Waals surface area (Å²) in [6, 6.07) is 26.3. The van der Waals surface area contributed by atoms with Crippen molar-refractivity contribution in [1.29, 1.82) is 0 Å². The highest BCUT2D eigenvalue weighted by Crippen LogP contribution is 2.26. The summed E-state index contributed by atoms with van der Waals surface area (Å²) in [7, 11) is 0. The molecule has 0 amide bonds. The lowest BCUT2D eigenvalue weighted by atomic mass is 10.2. The van der Waals surface area contributed by atoms with Crippen molar-refractivity contribution in [3.8, 4) is 11.4 Å². The van der Waals surface area contributed by atoms with E-state index < -0.39 is 4.92 Å². The number of thioether (sulfide) groups is 1. The maximum atomic E-state index is 11.1. The Hall–Kier alpha value is -5.17. The molecule has 0 fully saturated rings. The fourth-order valence-electron chi connectivity index (χ4n) is 4.20. The quantitative estimate of drug-likeness (QED) is 0.127. The van der Waals surface area contributed by atoms with Gasteiger partial charge in [-0.05, 0) is 23.3 Å². The maximum Gasteiger partial charge on any atom is 0.269 e. The number of hydrogen-bond acceptors (Lipinski definition) is 9. The SMILES string of the molecule is O=[N+]([O-])c1ccc(-c2nc(SCc3cn(Cc4ccccc4)nn3)n(Cc3cn(Cc4ccccc4)nn3)n2)cc1. The zero-order valence-corrected chi connectivity index (χ0v) is 22.6. The smallest absolute Gasteiger partial charge is 0.258 e. The first-order valence-electron chi connectivity index (χ1n) is 12.8. The lowest BCUT2D eigenvalue weighted by Gasteiger charge is -2.02. The first kappa shape index (κ1) is 26.1. The third-order valence-corrected chi connectivity index (χ3v) is 7.18. The van der Waals surface area contributed by atoms with Gasteiger partial charge in [-0.15, -0.1) is 15.3 Å². The third kappa shape index (κ3) is 6.53. The number of hydrogen-bond donors (Lipinski definition) is 0. The molecule has 0 spiro atoms. The summed E-state index contributed by atoms with van der Waals surface area (Å²) in [4.78, 5) is 15.4. The van der Waals surface area contributed by atoms with Gasteiger partial charge < -0.3 is 0 Å². The van der Waals surface area contributed by atoms with Crippen LogP contribution in [-0.4, -0.2) is 49.7 Å². The van der Waals surface area contributed by atoms with E-state index in [2.05, 4.69) is 20.6 Å². The van der Waals surface area contributed by atoms with E-state index in [0.717, 1.165) is 22.5 Å². The molecule has 3 heterocycles.